The zero-order valence-corrected chi connectivity index (χ0v) is 47.6. The Morgan fingerprint density at radius 3 is 1.61 bits per heavy atom. The van der Waals surface area contributed by atoms with Gasteiger partial charge in [-0.2, -0.15) is 0 Å². The number of amides is 2. The van der Waals surface area contributed by atoms with Gasteiger partial charge < -0.3 is 19.5 Å². The third kappa shape index (κ3) is 18.6. The first-order valence-electron chi connectivity index (χ1n) is 26.0. The number of hydrogen-bond donors (Lipinski definition) is 2. The van der Waals surface area contributed by atoms with Crippen LogP contribution in [0, 0.1) is 27.7 Å². The van der Waals surface area contributed by atoms with E-state index in [-0.39, 0.29) is 76.9 Å². The van der Waals surface area contributed by atoms with Crippen molar-refractivity contribution in [2.24, 2.45) is 0 Å². The van der Waals surface area contributed by atoms with Gasteiger partial charge in [0, 0.05) is 111 Å². The molecule has 1 unspecified atom stereocenters. The fourth-order valence-electron chi connectivity index (χ4n) is 8.21. The molecule has 0 aliphatic heterocycles. The molecule has 8 heterocycles. The van der Waals surface area contributed by atoms with Gasteiger partial charge in [0.05, 0.1) is 54.0 Å². The number of nitrogens with one attached hydrogen (secondary N) is 2. The average Bonchev–Trinajstić information content (AvgIpc) is 3.98. The summed E-state index contributed by atoms with van der Waals surface area (Å²) in [5.41, 5.74) is 10.7. The van der Waals surface area contributed by atoms with Crippen LogP contribution >= 0.6 is 7.82 Å². The maximum atomic E-state index is 13.1. The van der Waals surface area contributed by atoms with Crippen molar-refractivity contribution in [3.8, 4) is 34.2 Å². The van der Waals surface area contributed by atoms with Crippen LogP contribution in [0.3, 0.4) is 0 Å². The minimum Gasteiger partial charge on any atom is -0.461 e. The smallest absolute Gasteiger partial charge is 0.461 e. The number of phosphoric acid groups is 1. The second-order valence-corrected chi connectivity index (χ2v) is 19.8. The molecule has 9 rings (SSSR count). The zero-order valence-electron chi connectivity index (χ0n) is 45.0. The molecule has 0 bridgehead atoms. The van der Waals surface area contributed by atoms with Crippen molar-refractivity contribution in [2.45, 2.75) is 86.1 Å². The van der Waals surface area contributed by atoms with Gasteiger partial charge in [-0.1, -0.05) is 24.3 Å². The first-order chi connectivity index (χ1) is 37.9. The molecule has 412 valence electrons. The number of aryl methyl sites for hydroxylation is 5. The molecule has 0 saturated carbocycles. The van der Waals surface area contributed by atoms with Crippen molar-refractivity contribution >= 4 is 41.6 Å². The predicted molar refractivity (Wildman–Crippen MR) is 301 cm³/mol. The van der Waals surface area contributed by atoms with E-state index in [1.165, 1.54) is 11.6 Å². The molecule has 19 heteroatoms. The predicted octanol–water partition coefficient (Wildman–Crippen LogP) is 12.0. The van der Waals surface area contributed by atoms with Crippen LogP contribution in [-0.2, 0) is 60.2 Å². The minimum absolute atomic E-state index is 0. The van der Waals surface area contributed by atoms with Crippen molar-refractivity contribution in [1.29, 1.82) is 0 Å². The fourth-order valence-corrected chi connectivity index (χ4v) is 9.45. The average molecular weight is 1170 g/mol. The molecule has 0 fully saturated rings. The van der Waals surface area contributed by atoms with Gasteiger partial charge in [0.15, 0.2) is 0 Å². The summed E-state index contributed by atoms with van der Waals surface area (Å²) in [6.45, 7) is 10.1. The van der Waals surface area contributed by atoms with Crippen molar-refractivity contribution < 1.29 is 56.0 Å². The summed E-state index contributed by atoms with van der Waals surface area (Å²) in [7, 11) is -3.86. The van der Waals surface area contributed by atoms with Gasteiger partial charge in [-0.3, -0.25) is 53.1 Å². The first kappa shape index (κ1) is 60.8. The number of rotatable bonds is 22. The van der Waals surface area contributed by atoms with E-state index in [0.29, 0.717) is 29.9 Å². The number of fused-ring (bicyclic) bond motifs is 2. The Kier molecular flexibility index (Phi) is 24.0. The Hall–Kier alpha value is -7.46. The van der Waals surface area contributed by atoms with Gasteiger partial charge in [0.2, 0.25) is 11.8 Å². The molecule has 0 saturated heterocycles. The van der Waals surface area contributed by atoms with Gasteiger partial charge in [0.1, 0.15) is 16.9 Å². The van der Waals surface area contributed by atoms with Gasteiger partial charge in [-0.05, 0) is 162 Å². The normalized spacial score (nSPS) is 11.6. The summed E-state index contributed by atoms with van der Waals surface area (Å²) in [5.74, 6) is 0.328. The number of unbranched alkanes of at least 4 members (excludes halogenated alkanes) is 1. The zero-order chi connectivity index (χ0) is 55.1. The summed E-state index contributed by atoms with van der Waals surface area (Å²) in [6, 6.07) is 34.6. The molecule has 9 aromatic rings. The number of phosphoric ester groups is 1. The largest absolute Gasteiger partial charge is 0.474 e. The van der Waals surface area contributed by atoms with Crippen LogP contribution in [0.15, 0.2) is 160 Å². The molecule has 0 radical (unpaired) electrons. The van der Waals surface area contributed by atoms with E-state index in [0.717, 1.165) is 86.5 Å². The maximum absolute atomic E-state index is 13.1. The molecule has 0 aliphatic carbocycles. The Labute approximate surface area is 472 Å². The van der Waals surface area contributed by atoms with E-state index in [9.17, 15) is 18.9 Å². The quantitative estimate of drug-likeness (QED) is 0.0279. The first-order valence-corrected chi connectivity index (χ1v) is 27.4. The van der Waals surface area contributed by atoms with Crippen LogP contribution < -0.4 is 16.3 Å². The van der Waals surface area contributed by atoms with Crippen molar-refractivity contribution in [2.75, 3.05) is 26.4 Å². The van der Waals surface area contributed by atoms with Gasteiger partial charge in [0.25, 0.3) is 0 Å². The second kappa shape index (κ2) is 31.2. The molecule has 2 amide bonds. The number of carbonyl (C=O) groups is 2. The second-order valence-electron chi connectivity index (χ2n) is 18.1. The van der Waals surface area contributed by atoms with E-state index in [1.807, 2.05) is 125 Å². The number of furan rings is 1. The summed E-state index contributed by atoms with van der Waals surface area (Å²) in [5, 5.41) is 7.50. The monoisotopic (exact) mass is 1170 g/mol. The summed E-state index contributed by atoms with van der Waals surface area (Å²) < 4.78 is 40.7. The number of pyridine rings is 6. The molecule has 8 aromatic heterocycles. The standard InChI is InChI=1S/C40H49N4O9P.2C10H8N2.Ru/c1-6-49-54(48,50-19-9-12-36(45)43-16-8-7-11-30-15-18-42-35(23-30)34-21-26(2)14-17-41-34)51-20-10-13-37(46)44-25-33-29(5)52-40-28(4)39-31(24-32(33)40)27(3)22-38(47)53-39;2*1-3-7-11-9(5-1)10-6-2-4-8-12-10;/h14-15,17-18,21-24H,6-13,16,19-20,25H2,1-5H3,(H,43,45)(H,44,46);2*1-8H;. The number of aromatic nitrogens is 6. The van der Waals surface area contributed by atoms with E-state index in [4.69, 9.17) is 22.4 Å². The third-order valence-corrected chi connectivity index (χ3v) is 13.7. The van der Waals surface area contributed by atoms with Crippen LogP contribution in [0.2, 0.25) is 0 Å². The minimum atomic E-state index is -3.86. The van der Waals surface area contributed by atoms with Crippen LogP contribution in [0.4, 0.5) is 0 Å². The summed E-state index contributed by atoms with van der Waals surface area (Å²) in [4.78, 5) is 62.6. The van der Waals surface area contributed by atoms with E-state index < -0.39 is 13.4 Å². The molecular formula is C60H65N8O9PRu. The molecule has 0 spiro atoms. The van der Waals surface area contributed by atoms with Crippen LogP contribution in [0.1, 0.15) is 79.0 Å². The third-order valence-electron chi connectivity index (χ3n) is 12.2. The van der Waals surface area contributed by atoms with Crippen molar-refractivity contribution in [3.63, 3.8) is 0 Å². The molecular weight excluding hydrogens is 1110 g/mol. The summed E-state index contributed by atoms with van der Waals surface area (Å²) in [6.07, 6.45) is 14.2. The van der Waals surface area contributed by atoms with Crippen LogP contribution in [-0.4, -0.2) is 68.1 Å². The topological polar surface area (TPSA) is 224 Å². The SMILES string of the molecule is CCOP(=O)(OCCCC(=O)NCCCCc1ccnc(-c2cc(C)ccn2)c1)OCCCC(=O)NCc1c(C)oc2c(C)c3oc(=O)cc(C)c3cc12.[Ru].c1ccc(-c2ccccn2)nc1.c1ccc(-c2ccccn2)nc1. The molecule has 1 aromatic carbocycles. The number of hydrogen-bond acceptors (Lipinski definition) is 15. The van der Waals surface area contributed by atoms with Crippen LogP contribution in [0.25, 0.3) is 56.1 Å². The van der Waals surface area contributed by atoms with E-state index >= 15 is 0 Å². The molecule has 79 heavy (non-hydrogen) atoms. The Bertz CT molecular complexity index is 3310. The Morgan fingerprint density at radius 1 is 0.557 bits per heavy atom. The van der Waals surface area contributed by atoms with E-state index in [1.54, 1.807) is 44.1 Å². The number of nitrogens with zero attached hydrogens (tertiary/aromatic N) is 6. The molecule has 1 atom stereocenters. The maximum Gasteiger partial charge on any atom is 0.474 e. The van der Waals surface area contributed by atoms with Crippen LogP contribution in [0.5, 0.6) is 0 Å². The molecule has 17 nitrogen and oxygen atoms in total. The van der Waals surface area contributed by atoms with E-state index in [2.05, 4.69) is 46.6 Å². The van der Waals surface area contributed by atoms with Gasteiger partial charge in [-0.25, -0.2) is 9.36 Å². The number of benzene rings is 1. The summed E-state index contributed by atoms with van der Waals surface area (Å²) >= 11 is 0. The van der Waals surface area contributed by atoms with Gasteiger partial charge in [-0.15, -0.1) is 0 Å². The molecule has 2 N–H and O–H groups in total. The van der Waals surface area contributed by atoms with Crippen molar-refractivity contribution in [3.05, 3.63) is 190 Å². The Morgan fingerprint density at radius 2 is 1.08 bits per heavy atom. The van der Waals surface area contributed by atoms with Gasteiger partial charge >= 0.3 is 13.4 Å². The molecule has 0 aliphatic rings. The Balaban J connectivity index is 0.000000325. The van der Waals surface area contributed by atoms with Crippen molar-refractivity contribution in [1.82, 2.24) is 40.5 Å². The fraction of sp³-hybridized carbons (Fsp3) is 0.283. The number of carbonyl (C=O) groups excluding carboxylic acids is 2.